The van der Waals surface area contributed by atoms with E-state index in [4.69, 9.17) is 16.3 Å². The Labute approximate surface area is 90.0 Å². The van der Waals surface area contributed by atoms with Gasteiger partial charge in [-0.05, 0) is 42.0 Å². The van der Waals surface area contributed by atoms with E-state index in [1.807, 2.05) is 0 Å². The SMILES string of the molecule is CCC1Cc2cc(Cl)c(OC)cc2C1. The fourth-order valence-corrected chi connectivity index (χ4v) is 2.42. The van der Waals surface area contributed by atoms with Gasteiger partial charge in [-0.25, -0.2) is 0 Å². The summed E-state index contributed by atoms with van der Waals surface area (Å²) in [5.74, 6) is 1.61. The van der Waals surface area contributed by atoms with E-state index < -0.39 is 0 Å². The molecule has 0 spiro atoms. The largest absolute Gasteiger partial charge is 0.495 e. The Morgan fingerprint density at radius 3 is 2.57 bits per heavy atom. The van der Waals surface area contributed by atoms with Crippen LogP contribution in [-0.4, -0.2) is 7.11 Å². The van der Waals surface area contributed by atoms with E-state index in [0.717, 1.165) is 16.7 Å². The summed E-state index contributed by atoms with van der Waals surface area (Å²) in [4.78, 5) is 0. The summed E-state index contributed by atoms with van der Waals surface area (Å²) < 4.78 is 5.21. The van der Waals surface area contributed by atoms with Crippen LogP contribution in [0.5, 0.6) is 5.75 Å². The molecule has 0 saturated carbocycles. The Kier molecular flexibility index (Phi) is 2.69. The molecule has 0 saturated heterocycles. The summed E-state index contributed by atoms with van der Waals surface area (Å²) in [5, 5.41) is 0.739. The van der Waals surface area contributed by atoms with Crippen molar-refractivity contribution in [1.29, 1.82) is 0 Å². The van der Waals surface area contributed by atoms with Crippen LogP contribution in [0.4, 0.5) is 0 Å². The van der Waals surface area contributed by atoms with Crippen molar-refractivity contribution in [1.82, 2.24) is 0 Å². The molecule has 0 aliphatic heterocycles. The predicted molar refractivity (Wildman–Crippen MR) is 59.2 cm³/mol. The maximum absolute atomic E-state index is 6.07. The summed E-state index contributed by atoms with van der Waals surface area (Å²) in [7, 11) is 1.67. The molecule has 1 unspecified atom stereocenters. The van der Waals surface area contributed by atoms with Gasteiger partial charge in [0.25, 0.3) is 0 Å². The maximum Gasteiger partial charge on any atom is 0.137 e. The number of ether oxygens (including phenoxy) is 1. The van der Waals surface area contributed by atoms with Crippen molar-refractivity contribution < 1.29 is 4.74 Å². The van der Waals surface area contributed by atoms with Crippen molar-refractivity contribution in [2.24, 2.45) is 5.92 Å². The number of methoxy groups -OCH3 is 1. The minimum absolute atomic E-state index is 0.739. The Morgan fingerprint density at radius 2 is 2.00 bits per heavy atom. The lowest BCUT2D eigenvalue weighted by atomic mass is 10.0. The first-order chi connectivity index (χ1) is 6.74. The van der Waals surface area contributed by atoms with E-state index >= 15 is 0 Å². The molecule has 1 aromatic rings. The van der Waals surface area contributed by atoms with Crippen molar-refractivity contribution in [3.05, 3.63) is 28.3 Å². The minimum Gasteiger partial charge on any atom is -0.495 e. The molecule has 0 heterocycles. The van der Waals surface area contributed by atoms with Crippen LogP contribution in [0.1, 0.15) is 24.5 Å². The van der Waals surface area contributed by atoms with Crippen LogP contribution >= 0.6 is 11.6 Å². The zero-order valence-corrected chi connectivity index (χ0v) is 9.40. The zero-order valence-electron chi connectivity index (χ0n) is 8.64. The zero-order chi connectivity index (χ0) is 10.1. The molecular weight excluding hydrogens is 196 g/mol. The Morgan fingerprint density at radius 1 is 1.36 bits per heavy atom. The molecule has 14 heavy (non-hydrogen) atoms. The summed E-state index contributed by atoms with van der Waals surface area (Å²) in [5.41, 5.74) is 2.82. The third-order valence-electron chi connectivity index (χ3n) is 3.07. The normalized spacial score (nSPS) is 19.5. The lowest BCUT2D eigenvalue weighted by molar-refractivity contribution is 0.414. The topological polar surface area (TPSA) is 9.23 Å². The first-order valence-electron chi connectivity index (χ1n) is 5.10. The number of halogens is 1. The van der Waals surface area contributed by atoms with Crippen LogP contribution in [0.3, 0.4) is 0 Å². The van der Waals surface area contributed by atoms with Crippen LogP contribution < -0.4 is 4.74 Å². The van der Waals surface area contributed by atoms with Gasteiger partial charge in [0, 0.05) is 0 Å². The van der Waals surface area contributed by atoms with Gasteiger partial charge in [0.15, 0.2) is 0 Å². The van der Waals surface area contributed by atoms with E-state index in [-0.39, 0.29) is 0 Å². The summed E-state index contributed by atoms with van der Waals surface area (Å²) in [6.07, 6.45) is 3.60. The fourth-order valence-electron chi connectivity index (χ4n) is 2.16. The lowest BCUT2D eigenvalue weighted by Gasteiger charge is -2.05. The number of hydrogen-bond donors (Lipinski definition) is 0. The van der Waals surface area contributed by atoms with Crippen molar-refractivity contribution >= 4 is 11.6 Å². The molecule has 1 aliphatic carbocycles. The second-order valence-electron chi connectivity index (χ2n) is 3.94. The lowest BCUT2D eigenvalue weighted by Crippen LogP contribution is -1.95. The Balaban J connectivity index is 2.34. The van der Waals surface area contributed by atoms with E-state index in [0.29, 0.717) is 0 Å². The highest BCUT2D eigenvalue weighted by Gasteiger charge is 2.21. The van der Waals surface area contributed by atoms with Crippen molar-refractivity contribution in [2.45, 2.75) is 26.2 Å². The molecule has 0 radical (unpaired) electrons. The molecule has 0 bridgehead atoms. The molecule has 1 aliphatic rings. The van der Waals surface area contributed by atoms with Crippen LogP contribution in [0.2, 0.25) is 5.02 Å². The van der Waals surface area contributed by atoms with Gasteiger partial charge in [-0.3, -0.25) is 0 Å². The molecule has 0 fully saturated rings. The fraction of sp³-hybridized carbons (Fsp3) is 0.500. The number of rotatable bonds is 2. The molecule has 2 heteroatoms. The van der Waals surface area contributed by atoms with Gasteiger partial charge < -0.3 is 4.74 Å². The van der Waals surface area contributed by atoms with Gasteiger partial charge >= 0.3 is 0 Å². The summed E-state index contributed by atoms with van der Waals surface area (Å²) >= 11 is 6.07. The van der Waals surface area contributed by atoms with Gasteiger partial charge in [-0.2, -0.15) is 0 Å². The third-order valence-corrected chi connectivity index (χ3v) is 3.36. The van der Waals surface area contributed by atoms with E-state index in [1.54, 1.807) is 7.11 Å². The number of benzene rings is 1. The highest BCUT2D eigenvalue weighted by molar-refractivity contribution is 6.32. The standard InChI is InChI=1S/C12H15ClO/c1-3-8-4-9-6-11(13)12(14-2)7-10(9)5-8/h6-8H,3-5H2,1-2H3. The molecule has 1 atom stereocenters. The van der Waals surface area contributed by atoms with Crippen LogP contribution in [-0.2, 0) is 12.8 Å². The summed E-state index contributed by atoms with van der Waals surface area (Å²) in [6, 6.07) is 4.15. The monoisotopic (exact) mass is 210 g/mol. The molecule has 0 aromatic heterocycles. The van der Waals surface area contributed by atoms with Crippen LogP contribution in [0, 0.1) is 5.92 Å². The minimum atomic E-state index is 0.739. The van der Waals surface area contributed by atoms with E-state index in [1.165, 1.54) is 30.4 Å². The first-order valence-corrected chi connectivity index (χ1v) is 5.47. The van der Waals surface area contributed by atoms with E-state index in [2.05, 4.69) is 19.1 Å². The first kappa shape index (κ1) is 9.85. The second-order valence-corrected chi connectivity index (χ2v) is 4.35. The van der Waals surface area contributed by atoms with Gasteiger partial charge in [0.1, 0.15) is 5.75 Å². The van der Waals surface area contributed by atoms with Crippen molar-refractivity contribution in [2.75, 3.05) is 7.11 Å². The van der Waals surface area contributed by atoms with Gasteiger partial charge in [-0.15, -0.1) is 0 Å². The number of fused-ring (bicyclic) bond motifs is 1. The molecule has 76 valence electrons. The highest BCUT2D eigenvalue weighted by Crippen LogP contribution is 2.35. The average Bonchev–Trinajstić information content (AvgIpc) is 2.58. The molecule has 1 nitrogen and oxygen atoms in total. The number of hydrogen-bond acceptors (Lipinski definition) is 1. The molecular formula is C12H15ClO. The van der Waals surface area contributed by atoms with Crippen LogP contribution in [0.15, 0.2) is 12.1 Å². The predicted octanol–water partition coefficient (Wildman–Crippen LogP) is 3.47. The van der Waals surface area contributed by atoms with E-state index in [9.17, 15) is 0 Å². The smallest absolute Gasteiger partial charge is 0.137 e. The quantitative estimate of drug-likeness (QED) is 0.727. The second kappa shape index (κ2) is 3.82. The van der Waals surface area contributed by atoms with Gasteiger partial charge in [0.05, 0.1) is 12.1 Å². The van der Waals surface area contributed by atoms with Crippen molar-refractivity contribution in [3.8, 4) is 5.75 Å². The van der Waals surface area contributed by atoms with Crippen molar-refractivity contribution in [3.63, 3.8) is 0 Å². The molecule has 0 amide bonds. The van der Waals surface area contributed by atoms with Crippen LogP contribution in [0.25, 0.3) is 0 Å². The molecule has 1 aromatic carbocycles. The Bertz CT molecular complexity index is 346. The third kappa shape index (κ3) is 1.61. The molecule has 2 rings (SSSR count). The van der Waals surface area contributed by atoms with Gasteiger partial charge in [0.2, 0.25) is 0 Å². The summed E-state index contributed by atoms with van der Waals surface area (Å²) in [6.45, 7) is 2.25. The maximum atomic E-state index is 6.07. The highest BCUT2D eigenvalue weighted by atomic mass is 35.5. The molecule has 0 N–H and O–H groups in total. The Hall–Kier alpha value is -0.690. The van der Waals surface area contributed by atoms with Gasteiger partial charge in [-0.1, -0.05) is 24.9 Å². The average molecular weight is 211 g/mol.